The Morgan fingerprint density at radius 1 is 1.00 bits per heavy atom. The van der Waals surface area contributed by atoms with Crippen LogP contribution in [0.25, 0.3) is 11.3 Å². The van der Waals surface area contributed by atoms with E-state index in [4.69, 9.17) is 4.52 Å². The molecule has 0 bridgehead atoms. The molecule has 0 spiro atoms. The standard InChI is InChI=1S/C12H14NOSi.3CH3.Sn/c1-15(2,3)12-9-11(13-14-12)10-7-5-4-6-8-10;;;;/h4-8H,1-3H3;3*1H3;. The molecule has 0 atom stereocenters. The van der Waals surface area contributed by atoms with Gasteiger partial charge in [0, 0.05) is 0 Å². The number of hydrogen-bond donors (Lipinski definition) is 0. The average molecular weight is 380 g/mol. The van der Waals surface area contributed by atoms with Gasteiger partial charge >= 0.3 is 121 Å². The zero-order valence-corrected chi connectivity index (χ0v) is 16.6. The van der Waals surface area contributed by atoms with Crippen LogP contribution < -0.4 is 8.96 Å². The number of aromatic nitrogens is 1. The van der Waals surface area contributed by atoms with Crippen LogP contribution in [-0.2, 0) is 0 Å². The van der Waals surface area contributed by atoms with E-state index in [0.29, 0.717) is 0 Å². The second-order valence-corrected chi connectivity index (χ2v) is 26.3. The fraction of sp³-hybridized carbons (Fsp3) is 0.400. The molecule has 19 heavy (non-hydrogen) atoms. The number of benzene rings is 1. The van der Waals surface area contributed by atoms with E-state index in [1.165, 1.54) is 14.5 Å². The van der Waals surface area contributed by atoms with Gasteiger partial charge in [-0.3, -0.25) is 0 Å². The van der Waals surface area contributed by atoms with E-state index in [1.54, 1.807) is 0 Å². The van der Waals surface area contributed by atoms with Crippen LogP contribution in [-0.4, -0.2) is 31.6 Å². The SMILES string of the molecule is C[Si](C)(C)c1onc(-c2ccccc2)[c]1[Sn]([CH3])([CH3])[CH3]. The molecule has 1 aromatic heterocycles. The summed E-state index contributed by atoms with van der Waals surface area (Å²) in [5.74, 6) is 0. The van der Waals surface area contributed by atoms with Gasteiger partial charge in [0.25, 0.3) is 0 Å². The van der Waals surface area contributed by atoms with Gasteiger partial charge in [-0.1, -0.05) is 0 Å². The molecular formula is C15H23NOSiSn. The number of nitrogens with zero attached hydrogens (tertiary/aromatic N) is 1. The molecule has 0 amide bonds. The molecular weight excluding hydrogens is 357 g/mol. The second-order valence-electron chi connectivity index (χ2n) is 7.10. The van der Waals surface area contributed by atoms with Crippen LogP contribution >= 0.6 is 0 Å². The second kappa shape index (κ2) is 5.09. The van der Waals surface area contributed by atoms with Crippen molar-refractivity contribution in [2.75, 3.05) is 0 Å². The summed E-state index contributed by atoms with van der Waals surface area (Å²) in [6.07, 6.45) is 0. The first-order valence-electron chi connectivity index (χ1n) is 6.77. The fourth-order valence-corrected chi connectivity index (χ4v) is 13.8. The Hall–Kier alpha value is -0.554. The van der Waals surface area contributed by atoms with Gasteiger partial charge in [-0.25, -0.2) is 0 Å². The Kier molecular flexibility index (Phi) is 3.98. The first kappa shape index (κ1) is 14.8. The summed E-state index contributed by atoms with van der Waals surface area (Å²) >= 11 is -2.27. The Morgan fingerprint density at radius 2 is 1.58 bits per heavy atom. The van der Waals surface area contributed by atoms with Gasteiger partial charge < -0.3 is 0 Å². The molecule has 1 heterocycles. The quantitative estimate of drug-likeness (QED) is 0.763. The van der Waals surface area contributed by atoms with Crippen molar-refractivity contribution in [3.8, 4) is 11.3 Å². The van der Waals surface area contributed by atoms with Crippen molar-refractivity contribution in [2.24, 2.45) is 0 Å². The molecule has 2 rings (SSSR count). The van der Waals surface area contributed by atoms with Crippen LogP contribution in [0.4, 0.5) is 0 Å². The number of rotatable bonds is 3. The van der Waals surface area contributed by atoms with Gasteiger partial charge in [-0.2, -0.15) is 0 Å². The van der Waals surface area contributed by atoms with Crippen molar-refractivity contribution in [1.82, 2.24) is 5.16 Å². The normalized spacial score (nSPS) is 12.7. The van der Waals surface area contributed by atoms with E-state index in [-0.39, 0.29) is 0 Å². The van der Waals surface area contributed by atoms with Gasteiger partial charge in [0.2, 0.25) is 0 Å². The minimum atomic E-state index is -2.27. The summed E-state index contributed by atoms with van der Waals surface area (Å²) in [6.45, 7) is 7.01. The Balaban J connectivity index is 2.68. The summed E-state index contributed by atoms with van der Waals surface area (Å²) in [4.78, 5) is 7.33. The minimum absolute atomic E-state index is 1.10. The van der Waals surface area contributed by atoms with E-state index in [9.17, 15) is 0 Å². The molecule has 0 saturated carbocycles. The van der Waals surface area contributed by atoms with E-state index in [0.717, 1.165) is 5.69 Å². The molecule has 0 N–H and O–H groups in total. The zero-order chi connectivity index (χ0) is 14.3. The molecule has 4 heteroatoms. The molecule has 0 unspecified atom stereocenters. The first-order valence-corrected chi connectivity index (χ1v) is 20.3. The summed E-state index contributed by atoms with van der Waals surface area (Å²) in [5, 5.41) is 5.65. The topological polar surface area (TPSA) is 26.0 Å². The summed E-state index contributed by atoms with van der Waals surface area (Å²) in [5.41, 5.74) is 2.29. The Labute approximate surface area is 121 Å². The van der Waals surface area contributed by atoms with Gasteiger partial charge in [0.05, 0.1) is 0 Å². The molecule has 0 radical (unpaired) electrons. The predicted octanol–water partition coefficient (Wildman–Crippen LogP) is 3.43. The maximum atomic E-state index is 5.81. The zero-order valence-electron chi connectivity index (χ0n) is 12.7. The molecule has 1 aromatic carbocycles. The van der Waals surface area contributed by atoms with Crippen molar-refractivity contribution < 1.29 is 4.52 Å². The summed E-state index contributed by atoms with van der Waals surface area (Å²) in [6, 6.07) is 10.4. The maximum absolute atomic E-state index is 5.81. The Morgan fingerprint density at radius 3 is 2.05 bits per heavy atom. The van der Waals surface area contributed by atoms with Crippen LogP contribution in [0.15, 0.2) is 34.9 Å². The molecule has 2 nitrogen and oxygen atoms in total. The van der Waals surface area contributed by atoms with Crippen molar-refractivity contribution in [2.45, 2.75) is 34.5 Å². The van der Waals surface area contributed by atoms with Crippen LogP contribution in [0.2, 0.25) is 34.5 Å². The molecule has 0 saturated heterocycles. The van der Waals surface area contributed by atoms with Crippen LogP contribution in [0.5, 0.6) is 0 Å². The fourth-order valence-electron chi connectivity index (χ4n) is 2.29. The monoisotopic (exact) mass is 381 g/mol. The molecule has 102 valence electrons. The first-order chi connectivity index (χ1) is 8.71. The molecule has 2 aromatic rings. The number of hydrogen-bond acceptors (Lipinski definition) is 2. The van der Waals surface area contributed by atoms with E-state index >= 15 is 0 Å². The molecule has 0 aliphatic rings. The summed E-state index contributed by atoms with van der Waals surface area (Å²) in [7, 11) is -1.48. The predicted molar refractivity (Wildman–Crippen MR) is 87.9 cm³/mol. The summed E-state index contributed by atoms with van der Waals surface area (Å²) < 4.78 is 7.29. The molecule has 0 aliphatic carbocycles. The average Bonchev–Trinajstić information content (AvgIpc) is 2.74. The van der Waals surface area contributed by atoms with Gasteiger partial charge in [0.1, 0.15) is 0 Å². The van der Waals surface area contributed by atoms with E-state index < -0.39 is 26.5 Å². The van der Waals surface area contributed by atoms with E-state index in [2.05, 4.69) is 63.9 Å². The van der Waals surface area contributed by atoms with Gasteiger partial charge in [-0.05, 0) is 0 Å². The van der Waals surface area contributed by atoms with Crippen molar-refractivity contribution in [3.05, 3.63) is 30.3 Å². The third kappa shape index (κ3) is 3.13. The van der Waals surface area contributed by atoms with Crippen molar-refractivity contribution in [3.63, 3.8) is 0 Å². The van der Waals surface area contributed by atoms with Crippen LogP contribution in [0, 0.1) is 0 Å². The van der Waals surface area contributed by atoms with Crippen molar-refractivity contribution in [1.29, 1.82) is 0 Å². The van der Waals surface area contributed by atoms with Crippen LogP contribution in [0.1, 0.15) is 0 Å². The third-order valence-corrected chi connectivity index (χ3v) is 11.2. The van der Waals surface area contributed by atoms with Crippen molar-refractivity contribution >= 4 is 35.4 Å². The molecule has 0 aliphatic heterocycles. The van der Waals surface area contributed by atoms with Crippen LogP contribution in [0.3, 0.4) is 0 Å². The third-order valence-electron chi connectivity index (χ3n) is 3.17. The van der Waals surface area contributed by atoms with Gasteiger partial charge in [-0.15, -0.1) is 0 Å². The molecule has 0 fully saturated rings. The Bertz CT molecular complexity index is 564. The van der Waals surface area contributed by atoms with Gasteiger partial charge in [0.15, 0.2) is 0 Å². The van der Waals surface area contributed by atoms with E-state index in [1.807, 2.05) is 6.07 Å².